The molecule has 0 radical (unpaired) electrons. The summed E-state index contributed by atoms with van der Waals surface area (Å²) in [5.74, 6) is -0.911. The summed E-state index contributed by atoms with van der Waals surface area (Å²) >= 11 is 1.54. The summed E-state index contributed by atoms with van der Waals surface area (Å²) < 4.78 is 5.43. The molecule has 0 aromatic heterocycles. The Hall–Kier alpha value is -2.39. The highest BCUT2D eigenvalue weighted by Gasteiger charge is 2.37. The molecule has 1 unspecified atom stereocenters. The van der Waals surface area contributed by atoms with Gasteiger partial charge in [0.15, 0.2) is 5.17 Å². The van der Waals surface area contributed by atoms with Crippen molar-refractivity contribution in [3.8, 4) is 0 Å². The highest BCUT2D eigenvalue weighted by atomic mass is 32.2. The normalized spacial score (nSPS) is 24.1. The van der Waals surface area contributed by atoms with Crippen molar-refractivity contribution in [1.82, 2.24) is 15.6 Å². The summed E-state index contributed by atoms with van der Waals surface area (Å²) in [7, 11) is 1.93. The van der Waals surface area contributed by atoms with Crippen LogP contribution in [0.4, 0.5) is 0 Å². The number of nitrogens with one attached hydrogen (secondary N) is 2. The number of carbonyl (C=O) groups excluding carboxylic acids is 3. The first kappa shape index (κ1) is 24.7. The van der Waals surface area contributed by atoms with Crippen LogP contribution in [0, 0.1) is 11.8 Å². The van der Waals surface area contributed by atoms with Gasteiger partial charge < -0.3 is 15.0 Å². The number of hydrogen-bond donors (Lipinski definition) is 2. The van der Waals surface area contributed by atoms with E-state index in [-0.39, 0.29) is 23.8 Å². The zero-order valence-corrected chi connectivity index (χ0v) is 20.5. The highest BCUT2D eigenvalue weighted by molar-refractivity contribution is 8.14. The van der Waals surface area contributed by atoms with E-state index in [2.05, 4.69) is 28.0 Å². The first-order valence-corrected chi connectivity index (χ1v) is 13.2. The smallest absolute Gasteiger partial charge is 0.309 e. The summed E-state index contributed by atoms with van der Waals surface area (Å²) in [4.78, 5) is 40.9. The molecule has 1 aliphatic carbocycles. The largest absolute Gasteiger partial charge is 0.381 e. The Morgan fingerprint density at radius 1 is 1.06 bits per heavy atom. The van der Waals surface area contributed by atoms with E-state index < -0.39 is 17.7 Å². The maximum Gasteiger partial charge on any atom is 0.309 e. The lowest BCUT2D eigenvalue weighted by atomic mass is 9.85. The summed E-state index contributed by atoms with van der Waals surface area (Å²) in [5, 5.41) is 7.84. The van der Waals surface area contributed by atoms with E-state index in [0.717, 1.165) is 37.9 Å². The minimum absolute atomic E-state index is 0.0781. The maximum atomic E-state index is 13.2. The van der Waals surface area contributed by atoms with Gasteiger partial charge in [0.1, 0.15) is 6.04 Å². The molecule has 2 saturated heterocycles. The maximum absolute atomic E-state index is 13.2. The standard InChI is InChI=1S/C25H34N4O4S/c1-29-20(17-8-4-2-5-9-17)16-34-25(29)28-27-24(32)22(30)21(18-12-14-33-15-13-18)26-23(31)19-10-6-3-7-11-19/h2,4-5,8-9,18-21H,3,6-7,10-16H2,1H3,(H,26,31)(H,27,32)/b28-25-/t20-,21?/m0/s1. The highest BCUT2D eigenvalue weighted by Crippen LogP contribution is 2.33. The van der Waals surface area contributed by atoms with Crippen molar-refractivity contribution in [2.75, 3.05) is 26.0 Å². The molecule has 0 spiro atoms. The molecule has 2 heterocycles. The van der Waals surface area contributed by atoms with E-state index in [1.165, 1.54) is 17.3 Å². The van der Waals surface area contributed by atoms with Crippen LogP contribution in [0.2, 0.25) is 0 Å². The number of rotatable bonds is 7. The first-order valence-electron chi connectivity index (χ1n) is 12.2. The van der Waals surface area contributed by atoms with Gasteiger partial charge in [0, 0.05) is 31.9 Å². The van der Waals surface area contributed by atoms with Gasteiger partial charge in [-0.3, -0.25) is 14.4 Å². The molecule has 9 heteroatoms. The van der Waals surface area contributed by atoms with Crippen molar-refractivity contribution in [1.29, 1.82) is 0 Å². The Labute approximate surface area is 205 Å². The molecule has 34 heavy (non-hydrogen) atoms. The molecule has 8 nitrogen and oxygen atoms in total. The Balaban J connectivity index is 1.40. The zero-order valence-electron chi connectivity index (χ0n) is 19.7. The molecular weight excluding hydrogens is 452 g/mol. The second kappa shape index (κ2) is 11.8. The number of thioether (sulfide) groups is 1. The fraction of sp³-hybridized carbons (Fsp3) is 0.600. The van der Waals surface area contributed by atoms with Gasteiger partial charge in [-0.15, -0.1) is 5.10 Å². The summed E-state index contributed by atoms with van der Waals surface area (Å²) in [6.07, 6.45) is 6.16. The number of amides is 2. The molecule has 1 aromatic carbocycles. The van der Waals surface area contributed by atoms with Crippen molar-refractivity contribution in [3.63, 3.8) is 0 Å². The number of carbonyl (C=O) groups is 3. The monoisotopic (exact) mass is 486 g/mol. The van der Waals surface area contributed by atoms with Crippen molar-refractivity contribution >= 4 is 34.5 Å². The third-order valence-corrected chi connectivity index (χ3v) is 8.21. The fourth-order valence-corrected chi connectivity index (χ4v) is 6.15. The van der Waals surface area contributed by atoms with Gasteiger partial charge >= 0.3 is 5.91 Å². The predicted octanol–water partition coefficient (Wildman–Crippen LogP) is 2.85. The Morgan fingerprint density at radius 3 is 2.47 bits per heavy atom. The molecule has 2 aliphatic heterocycles. The van der Waals surface area contributed by atoms with Gasteiger partial charge in [0.2, 0.25) is 11.7 Å². The summed E-state index contributed by atoms with van der Waals surface area (Å²) in [5.41, 5.74) is 3.63. The first-order chi connectivity index (χ1) is 16.5. The van der Waals surface area contributed by atoms with Crippen LogP contribution in [0.3, 0.4) is 0 Å². The van der Waals surface area contributed by atoms with Gasteiger partial charge in [-0.05, 0) is 37.2 Å². The Morgan fingerprint density at radius 2 is 1.76 bits per heavy atom. The third kappa shape index (κ3) is 5.99. The molecule has 2 atom stereocenters. The van der Waals surface area contributed by atoms with Crippen molar-refractivity contribution in [2.24, 2.45) is 16.9 Å². The van der Waals surface area contributed by atoms with Crippen LogP contribution in [0.25, 0.3) is 0 Å². The molecule has 2 N–H and O–H groups in total. The lowest BCUT2D eigenvalue weighted by Crippen LogP contribution is -2.53. The molecule has 4 rings (SSSR count). The van der Waals surface area contributed by atoms with Crippen LogP contribution in [-0.4, -0.2) is 59.7 Å². The number of benzene rings is 1. The Kier molecular flexibility index (Phi) is 8.61. The van der Waals surface area contributed by atoms with Gasteiger partial charge in [-0.2, -0.15) is 0 Å². The van der Waals surface area contributed by atoms with Crippen LogP contribution < -0.4 is 10.7 Å². The number of amidine groups is 1. The predicted molar refractivity (Wildman–Crippen MR) is 132 cm³/mol. The lowest BCUT2D eigenvalue weighted by Gasteiger charge is -2.31. The van der Waals surface area contributed by atoms with Gasteiger partial charge in [-0.25, -0.2) is 5.43 Å². The molecular formula is C25H34N4O4S. The van der Waals surface area contributed by atoms with Crippen LogP contribution in [0.5, 0.6) is 0 Å². The zero-order chi connectivity index (χ0) is 23.9. The van der Waals surface area contributed by atoms with Crippen molar-refractivity contribution in [3.05, 3.63) is 35.9 Å². The van der Waals surface area contributed by atoms with Gasteiger partial charge in [-0.1, -0.05) is 61.4 Å². The van der Waals surface area contributed by atoms with Gasteiger partial charge in [0.25, 0.3) is 0 Å². The molecule has 1 saturated carbocycles. The van der Waals surface area contributed by atoms with E-state index in [4.69, 9.17) is 4.74 Å². The molecule has 3 fully saturated rings. The van der Waals surface area contributed by atoms with Crippen LogP contribution in [0.1, 0.15) is 56.6 Å². The molecule has 0 bridgehead atoms. The van der Waals surface area contributed by atoms with E-state index in [1.807, 2.05) is 30.1 Å². The second-order valence-electron chi connectivity index (χ2n) is 9.32. The van der Waals surface area contributed by atoms with Crippen molar-refractivity contribution in [2.45, 2.75) is 57.0 Å². The number of Topliss-reactive ketones (excluding diaryl/α,β-unsaturated/α-hetero) is 1. The Bertz CT molecular complexity index is 897. The van der Waals surface area contributed by atoms with E-state index in [1.54, 1.807) is 0 Å². The number of ether oxygens (including phenoxy) is 1. The van der Waals surface area contributed by atoms with E-state index in [0.29, 0.717) is 31.2 Å². The van der Waals surface area contributed by atoms with Crippen molar-refractivity contribution < 1.29 is 19.1 Å². The SMILES string of the molecule is CN1/C(=N/NC(=O)C(=O)C(NC(=O)C2CCCCC2)C2CCOCC2)SC[C@H]1c1ccccc1. The molecule has 3 aliphatic rings. The van der Waals surface area contributed by atoms with E-state index in [9.17, 15) is 14.4 Å². The average molecular weight is 487 g/mol. The minimum atomic E-state index is -0.843. The summed E-state index contributed by atoms with van der Waals surface area (Å²) in [6, 6.07) is 9.43. The topological polar surface area (TPSA) is 100 Å². The van der Waals surface area contributed by atoms with E-state index >= 15 is 0 Å². The lowest BCUT2D eigenvalue weighted by molar-refractivity contribution is -0.142. The average Bonchev–Trinajstić information content (AvgIpc) is 3.26. The quantitative estimate of drug-likeness (QED) is 0.454. The number of nitrogens with zero attached hydrogens (tertiary/aromatic N) is 2. The van der Waals surface area contributed by atoms with Gasteiger partial charge in [0.05, 0.1) is 6.04 Å². The fourth-order valence-electron chi connectivity index (χ4n) is 4.98. The number of ketones is 1. The summed E-state index contributed by atoms with van der Waals surface area (Å²) in [6.45, 7) is 1.06. The van der Waals surface area contributed by atoms with Crippen LogP contribution in [-0.2, 0) is 19.1 Å². The van der Waals surface area contributed by atoms with Crippen LogP contribution in [0.15, 0.2) is 35.4 Å². The molecule has 1 aromatic rings. The number of hydrazone groups is 1. The second-order valence-corrected chi connectivity index (χ2v) is 10.3. The minimum Gasteiger partial charge on any atom is -0.381 e. The molecule has 184 valence electrons. The third-order valence-electron chi connectivity index (χ3n) is 7.09. The van der Waals surface area contributed by atoms with Crippen LogP contribution >= 0.6 is 11.8 Å². The molecule has 2 amide bonds. The number of hydrogen-bond acceptors (Lipinski definition) is 6.